The third-order valence-electron chi connectivity index (χ3n) is 7.79. The van der Waals surface area contributed by atoms with E-state index in [2.05, 4.69) is 42.8 Å². The van der Waals surface area contributed by atoms with E-state index >= 15 is 0 Å². The largest absolute Gasteiger partial charge is 0.493 e. The lowest BCUT2D eigenvalue weighted by Gasteiger charge is -2.34. The highest BCUT2D eigenvalue weighted by Crippen LogP contribution is 2.41. The Bertz CT molecular complexity index is 1530. The van der Waals surface area contributed by atoms with E-state index in [-0.39, 0.29) is 17.8 Å². The van der Waals surface area contributed by atoms with Gasteiger partial charge in [-0.15, -0.1) is 0 Å². The van der Waals surface area contributed by atoms with Gasteiger partial charge in [-0.3, -0.25) is 4.57 Å². The highest BCUT2D eigenvalue weighted by atomic mass is 16.6. The minimum atomic E-state index is -0.579. The van der Waals surface area contributed by atoms with Crippen molar-refractivity contribution in [3.05, 3.63) is 63.1 Å². The Balaban J connectivity index is 1.64. The zero-order valence-corrected chi connectivity index (χ0v) is 25.3. The van der Waals surface area contributed by atoms with Crippen LogP contribution in [0.25, 0.3) is 11.3 Å². The van der Waals surface area contributed by atoms with Crippen molar-refractivity contribution in [2.45, 2.75) is 72.6 Å². The van der Waals surface area contributed by atoms with Gasteiger partial charge >= 0.3 is 11.8 Å². The SMILES string of the molecule is COc1cc2c(cc1OC)-c1cc(N(c3c(C)cc(C)cc3C)C3CCN(C(=O)OC(C)(C)C)C3)nc(=O)n1CC2. The van der Waals surface area contributed by atoms with E-state index in [0.717, 1.165) is 33.6 Å². The molecular weight excluding hydrogens is 520 g/mol. The topological polar surface area (TPSA) is 86.1 Å². The Kier molecular flexibility index (Phi) is 7.48. The van der Waals surface area contributed by atoms with Gasteiger partial charge in [0.25, 0.3) is 0 Å². The lowest BCUT2D eigenvalue weighted by Crippen LogP contribution is -2.40. The van der Waals surface area contributed by atoms with Crippen LogP contribution < -0.4 is 20.1 Å². The van der Waals surface area contributed by atoms with Gasteiger partial charge in [-0.25, -0.2) is 9.59 Å². The van der Waals surface area contributed by atoms with E-state index in [1.165, 1.54) is 5.56 Å². The summed E-state index contributed by atoms with van der Waals surface area (Å²) in [5.74, 6) is 1.84. The number of ether oxygens (including phenoxy) is 3. The minimum Gasteiger partial charge on any atom is -0.493 e. The van der Waals surface area contributed by atoms with Gasteiger partial charge in [-0.05, 0) is 83.2 Å². The molecule has 1 saturated heterocycles. The van der Waals surface area contributed by atoms with Crippen LogP contribution in [-0.4, -0.2) is 59.5 Å². The fraction of sp³-hybridized carbons (Fsp3) is 0.469. The second kappa shape index (κ2) is 10.8. The molecule has 0 bridgehead atoms. The molecule has 3 heterocycles. The summed E-state index contributed by atoms with van der Waals surface area (Å²) in [6, 6.07) is 10.1. The Morgan fingerprint density at radius 2 is 1.63 bits per heavy atom. The van der Waals surface area contributed by atoms with Crippen molar-refractivity contribution >= 4 is 17.6 Å². The summed E-state index contributed by atoms with van der Waals surface area (Å²) in [6.45, 7) is 13.4. The van der Waals surface area contributed by atoms with Crippen LogP contribution in [0, 0.1) is 20.8 Å². The van der Waals surface area contributed by atoms with Gasteiger partial charge in [0.1, 0.15) is 11.4 Å². The summed E-state index contributed by atoms with van der Waals surface area (Å²) in [7, 11) is 3.24. The van der Waals surface area contributed by atoms with Crippen molar-refractivity contribution < 1.29 is 19.0 Å². The second-order valence-electron chi connectivity index (χ2n) is 12.0. The molecule has 9 nitrogen and oxygen atoms in total. The first-order valence-electron chi connectivity index (χ1n) is 14.1. The van der Waals surface area contributed by atoms with Gasteiger partial charge in [0.2, 0.25) is 0 Å². The zero-order chi connectivity index (χ0) is 29.6. The standard InChI is InChI=1S/C32H40N4O5/c1-19-13-20(2)29(21(3)14-19)36(23-10-11-34(18-23)31(38)41-32(4,5)6)28-17-25-24-16-27(40-8)26(39-7)15-22(24)9-12-35(25)30(37)33-28/h13-17,23H,9-12,18H2,1-8H3. The van der Waals surface area contributed by atoms with E-state index < -0.39 is 5.60 Å². The van der Waals surface area contributed by atoms with E-state index in [9.17, 15) is 9.59 Å². The van der Waals surface area contributed by atoms with Crippen molar-refractivity contribution in [3.8, 4) is 22.8 Å². The third-order valence-corrected chi connectivity index (χ3v) is 7.79. The third kappa shape index (κ3) is 5.49. The smallest absolute Gasteiger partial charge is 0.410 e. The van der Waals surface area contributed by atoms with E-state index in [4.69, 9.17) is 14.2 Å². The molecular formula is C32H40N4O5. The number of benzene rings is 2. The normalized spacial score (nSPS) is 16.2. The number of methoxy groups -OCH3 is 2. The molecule has 1 aromatic heterocycles. The maximum Gasteiger partial charge on any atom is 0.410 e. The molecule has 0 aliphatic carbocycles. The number of amides is 1. The molecule has 2 aromatic carbocycles. The van der Waals surface area contributed by atoms with Crippen LogP contribution in [0.4, 0.5) is 16.3 Å². The van der Waals surface area contributed by atoms with Crippen LogP contribution in [0.5, 0.6) is 11.5 Å². The van der Waals surface area contributed by atoms with Gasteiger partial charge in [0.15, 0.2) is 11.5 Å². The van der Waals surface area contributed by atoms with E-state index in [1.807, 2.05) is 39.0 Å². The summed E-state index contributed by atoms with van der Waals surface area (Å²) in [6.07, 6.45) is 1.08. The number of carbonyl (C=O) groups is 1. The van der Waals surface area contributed by atoms with Crippen molar-refractivity contribution in [1.82, 2.24) is 14.5 Å². The van der Waals surface area contributed by atoms with Crippen LogP contribution in [0.15, 0.2) is 35.1 Å². The minimum absolute atomic E-state index is 0.0916. The van der Waals surface area contributed by atoms with Gasteiger partial charge in [0, 0.05) is 37.0 Å². The number of nitrogens with zero attached hydrogens (tertiary/aromatic N) is 4. The molecule has 3 aromatic rings. The molecule has 2 aliphatic rings. The number of hydrogen-bond donors (Lipinski definition) is 0. The summed E-state index contributed by atoms with van der Waals surface area (Å²) in [5, 5.41) is 0. The first-order valence-corrected chi connectivity index (χ1v) is 14.1. The molecule has 0 saturated carbocycles. The number of rotatable bonds is 5. The molecule has 0 spiro atoms. The summed E-state index contributed by atoms with van der Waals surface area (Å²) in [4.78, 5) is 35.1. The summed E-state index contributed by atoms with van der Waals surface area (Å²) in [5.41, 5.74) is 6.27. The first-order chi connectivity index (χ1) is 19.4. The molecule has 1 unspecified atom stereocenters. The molecule has 0 radical (unpaired) electrons. The van der Waals surface area contributed by atoms with E-state index in [1.54, 1.807) is 23.7 Å². The first kappa shape index (κ1) is 28.5. The van der Waals surface area contributed by atoms with Gasteiger partial charge in [0.05, 0.1) is 26.0 Å². The number of hydrogen-bond acceptors (Lipinski definition) is 7. The zero-order valence-electron chi connectivity index (χ0n) is 25.3. The Morgan fingerprint density at radius 1 is 0.976 bits per heavy atom. The number of fused-ring (bicyclic) bond motifs is 3. The van der Waals surface area contributed by atoms with Gasteiger partial charge in [-0.2, -0.15) is 4.98 Å². The highest BCUT2D eigenvalue weighted by Gasteiger charge is 2.36. The molecule has 5 rings (SSSR count). The quantitative estimate of drug-likeness (QED) is 0.404. The number of likely N-dealkylation sites (tertiary alicyclic amines) is 1. The molecule has 1 fully saturated rings. The van der Waals surface area contributed by atoms with Crippen molar-refractivity contribution in [1.29, 1.82) is 0 Å². The highest BCUT2D eigenvalue weighted by molar-refractivity contribution is 5.76. The molecule has 1 amide bonds. The summed E-state index contributed by atoms with van der Waals surface area (Å²) >= 11 is 0. The predicted octanol–water partition coefficient (Wildman–Crippen LogP) is 5.56. The van der Waals surface area contributed by atoms with Crippen LogP contribution in [0.1, 0.15) is 49.4 Å². The van der Waals surface area contributed by atoms with E-state index in [0.29, 0.717) is 49.8 Å². The average Bonchev–Trinajstić information content (AvgIpc) is 3.38. The second-order valence-corrected chi connectivity index (χ2v) is 12.0. The molecule has 0 N–H and O–H groups in total. The number of aromatic nitrogens is 2. The van der Waals surface area contributed by atoms with Crippen molar-refractivity contribution in [2.24, 2.45) is 0 Å². The monoisotopic (exact) mass is 560 g/mol. The molecule has 2 aliphatic heterocycles. The Hall–Kier alpha value is -4.01. The van der Waals surface area contributed by atoms with Crippen LogP contribution in [0.2, 0.25) is 0 Å². The van der Waals surface area contributed by atoms with Crippen molar-refractivity contribution in [3.63, 3.8) is 0 Å². The van der Waals surface area contributed by atoms with Gasteiger partial charge in [-0.1, -0.05) is 17.7 Å². The van der Waals surface area contributed by atoms with Crippen molar-refractivity contribution in [2.75, 3.05) is 32.2 Å². The molecule has 218 valence electrons. The maximum atomic E-state index is 13.6. The predicted molar refractivity (Wildman–Crippen MR) is 160 cm³/mol. The number of anilines is 2. The maximum absolute atomic E-state index is 13.6. The lowest BCUT2D eigenvalue weighted by atomic mass is 9.96. The van der Waals surface area contributed by atoms with Crippen LogP contribution >= 0.6 is 0 Å². The number of carbonyl (C=O) groups excluding carboxylic acids is 1. The molecule has 1 atom stereocenters. The fourth-order valence-electron chi connectivity index (χ4n) is 6.14. The van der Waals surface area contributed by atoms with Crippen LogP contribution in [0.3, 0.4) is 0 Å². The van der Waals surface area contributed by atoms with Gasteiger partial charge < -0.3 is 24.0 Å². The average molecular weight is 561 g/mol. The summed E-state index contributed by atoms with van der Waals surface area (Å²) < 4.78 is 18.5. The lowest BCUT2D eigenvalue weighted by molar-refractivity contribution is 0.0293. The Labute approximate surface area is 241 Å². The fourth-order valence-corrected chi connectivity index (χ4v) is 6.14. The number of aryl methyl sites for hydroxylation is 4. The van der Waals surface area contributed by atoms with Crippen LogP contribution in [-0.2, 0) is 17.7 Å². The Morgan fingerprint density at radius 3 is 2.27 bits per heavy atom. The molecule has 9 heteroatoms. The molecule has 41 heavy (non-hydrogen) atoms.